The van der Waals surface area contributed by atoms with Gasteiger partial charge in [0, 0.05) is 10.4 Å². The molecule has 1 heterocycles. The van der Waals surface area contributed by atoms with E-state index in [0.717, 1.165) is 10.4 Å². The van der Waals surface area contributed by atoms with Gasteiger partial charge in [0.2, 0.25) is 0 Å². The van der Waals surface area contributed by atoms with Crippen LogP contribution in [-0.2, 0) is 0 Å². The van der Waals surface area contributed by atoms with Crippen molar-refractivity contribution in [3.63, 3.8) is 0 Å². The highest BCUT2D eigenvalue weighted by atomic mass is 35.5. The van der Waals surface area contributed by atoms with E-state index in [1.807, 2.05) is 18.4 Å². The molecule has 2 aromatic rings. The molecule has 0 atom stereocenters. The first-order chi connectivity index (χ1) is 7.09. The lowest BCUT2D eigenvalue weighted by molar-refractivity contribution is 1.54. The molecule has 1 aromatic carbocycles. The van der Waals surface area contributed by atoms with E-state index < -0.39 is 0 Å². The fourth-order valence-electron chi connectivity index (χ4n) is 1.35. The molecule has 1 aromatic heterocycles. The van der Waals surface area contributed by atoms with Crippen LogP contribution < -0.4 is 0 Å². The van der Waals surface area contributed by atoms with Crippen LogP contribution in [0.3, 0.4) is 0 Å². The van der Waals surface area contributed by atoms with Crippen molar-refractivity contribution in [2.75, 3.05) is 0 Å². The summed E-state index contributed by atoms with van der Waals surface area (Å²) >= 11 is 19.6. The SMILES string of the molecule is Cc1ccsc1-c1cc(Cl)c(Cl)cc1Cl. The van der Waals surface area contributed by atoms with E-state index in [9.17, 15) is 0 Å². The van der Waals surface area contributed by atoms with E-state index in [1.165, 1.54) is 5.56 Å². The largest absolute Gasteiger partial charge is 0.143 e. The average Bonchev–Trinajstić information content (AvgIpc) is 2.58. The van der Waals surface area contributed by atoms with E-state index in [4.69, 9.17) is 34.8 Å². The summed E-state index contributed by atoms with van der Waals surface area (Å²) in [4.78, 5) is 1.14. The molecule has 2 rings (SSSR count). The molecule has 15 heavy (non-hydrogen) atoms. The van der Waals surface area contributed by atoms with E-state index >= 15 is 0 Å². The third kappa shape index (κ3) is 2.16. The van der Waals surface area contributed by atoms with Crippen LogP contribution in [-0.4, -0.2) is 0 Å². The van der Waals surface area contributed by atoms with Gasteiger partial charge < -0.3 is 0 Å². The summed E-state index contributed by atoms with van der Waals surface area (Å²) in [5.74, 6) is 0. The summed E-state index contributed by atoms with van der Waals surface area (Å²) in [5, 5.41) is 3.68. The third-order valence-corrected chi connectivity index (χ3v) is 4.20. The molecule has 0 saturated heterocycles. The first-order valence-electron chi connectivity index (χ1n) is 4.28. The topological polar surface area (TPSA) is 0 Å². The van der Waals surface area contributed by atoms with Gasteiger partial charge in [0.15, 0.2) is 0 Å². The minimum absolute atomic E-state index is 0.486. The van der Waals surface area contributed by atoms with Gasteiger partial charge in [-0.1, -0.05) is 34.8 Å². The van der Waals surface area contributed by atoms with Gasteiger partial charge in [0.05, 0.1) is 15.1 Å². The molecule has 4 heteroatoms. The van der Waals surface area contributed by atoms with Crippen LogP contribution in [0.1, 0.15) is 5.56 Å². The lowest BCUT2D eigenvalue weighted by Crippen LogP contribution is -1.80. The molecule has 0 unspecified atom stereocenters. The number of benzene rings is 1. The van der Waals surface area contributed by atoms with Crippen molar-refractivity contribution in [1.29, 1.82) is 0 Å². The van der Waals surface area contributed by atoms with Gasteiger partial charge in [-0.25, -0.2) is 0 Å². The van der Waals surface area contributed by atoms with Crippen molar-refractivity contribution in [3.8, 4) is 10.4 Å². The van der Waals surface area contributed by atoms with Gasteiger partial charge in [-0.2, -0.15) is 0 Å². The lowest BCUT2D eigenvalue weighted by atomic mass is 10.1. The maximum Gasteiger partial charge on any atom is 0.0607 e. The molecule has 0 spiro atoms. The van der Waals surface area contributed by atoms with Crippen molar-refractivity contribution >= 4 is 46.1 Å². The van der Waals surface area contributed by atoms with Crippen LogP contribution in [0.15, 0.2) is 23.6 Å². The van der Waals surface area contributed by atoms with E-state index in [2.05, 4.69) is 6.07 Å². The maximum atomic E-state index is 6.13. The smallest absolute Gasteiger partial charge is 0.0607 e. The zero-order chi connectivity index (χ0) is 11.0. The highest BCUT2D eigenvalue weighted by molar-refractivity contribution is 7.13. The Balaban J connectivity index is 2.64. The number of hydrogen-bond acceptors (Lipinski definition) is 1. The predicted molar refractivity (Wildman–Crippen MR) is 69.5 cm³/mol. The van der Waals surface area contributed by atoms with Gasteiger partial charge in [-0.15, -0.1) is 11.3 Å². The van der Waals surface area contributed by atoms with E-state index in [1.54, 1.807) is 17.4 Å². The van der Waals surface area contributed by atoms with Crippen molar-refractivity contribution < 1.29 is 0 Å². The molecule has 0 saturated carbocycles. The zero-order valence-electron chi connectivity index (χ0n) is 7.85. The summed E-state index contributed by atoms with van der Waals surface area (Å²) in [6.07, 6.45) is 0. The second kappa shape index (κ2) is 4.34. The number of aryl methyl sites for hydroxylation is 1. The van der Waals surface area contributed by atoms with Crippen LogP contribution >= 0.6 is 46.1 Å². The third-order valence-electron chi connectivity index (χ3n) is 2.12. The molecule has 0 amide bonds. The lowest BCUT2D eigenvalue weighted by Gasteiger charge is -2.05. The molecular formula is C11H7Cl3S. The van der Waals surface area contributed by atoms with Gasteiger partial charge in [0.25, 0.3) is 0 Å². The Bertz CT molecular complexity index is 503. The Morgan fingerprint density at radius 1 is 1.00 bits per heavy atom. The highest BCUT2D eigenvalue weighted by Gasteiger charge is 2.10. The van der Waals surface area contributed by atoms with Crippen LogP contribution in [0.25, 0.3) is 10.4 Å². The highest BCUT2D eigenvalue weighted by Crippen LogP contribution is 2.38. The van der Waals surface area contributed by atoms with Crippen LogP contribution in [0.2, 0.25) is 15.1 Å². The first-order valence-corrected chi connectivity index (χ1v) is 6.30. The van der Waals surface area contributed by atoms with Gasteiger partial charge >= 0.3 is 0 Å². The molecule has 0 radical (unpaired) electrons. The van der Waals surface area contributed by atoms with Crippen molar-refractivity contribution in [2.24, 2.45) is 0 Å². The van der Waals surface area contributed by atoms with Crippen molar-refractivity contribution in [3.05, 3.63) is 44.2 Å². The Hall–Kier alpha value is -0.210. The standard InChI is InChI=1S/C11H7Cl3S/c1-6-2-3-15-11(6)7-4-9(13)10(14)5-8(7)12/h2-5H,1H3. The van der Waals surface area contributed by atoms with Gasteiger partial charge in [-0.05, 0) is 36.1 Å². The Morgan fingerprint density at radius 2 is 1.67 bits per heavy atom. The second-order valence-electron chi connectivity index (χ2n) is 3.18. The molecule has 0 nitrogen and oxygen atoms in total. The quantitative estimate of drug-likeness (QED) is 0.588. The van der Waals surface area contributed by atoms with Crippen molar-refractivity contribution in [1.82, 2.24) is 0 Å². The van der Waals surface area contributed by atoms with Crippen LogP contribution in [0, 0.1) is 6.92 Å². The summed E-state index contributed by atoms with van der Waals surface area (Å²) in [5.41, 5.74) is 2.14. The summed E-state index contributed by atoms with van der Waals surface area (Å²) < 4.78 is 0. The average molecular weight is 278 g/mol. The van der Waals surface area contributed by atoms with Gasteiger partial charge in [-0.3, -0.25) is 0 Å². The number of thiophene rings is 1. The Kier molecular flexibility index (Phi) is 3.27. The molecule has 78 valence electrons. The number of halogens is 3. The summed E-state index contributed by atoms with van der Waals surface area (Å²) in [7, 11) is 0. The Labute approximate surface area is 107 Å². The minimum Gasteiger partial charge on any atom is -0.143 e. The normalized spacial score (nSPS) is 10.7. The monoisotopic (exact) mass is 276 g/mol. The first kappa shape index (κ1) is 11.3. The molecule has 0 fully saturated rings. The molecule has 0 aliphatic carbocycles. The number of hydrogen-bond donors (Lipinski definition) is 0. The maximum absolute atomic E-state index is 6.13. The van der Waals surface area contributed by atoms with E-state index in [-0.39, 0.29) is 0 Å². The fourth-order valence-corrected chi connectivity index (χ4v) is 3.00. The van der Waals surface area contributed by atoms with E-state index in [0.29, 0.717) is 15.1 Å². The summed E-state index contributed by atoms with van der Waals surface area (Å²) in [6, 6.07) is 5.55. The molecule has 0 N–H and O–H groups in total. The second-order valence-corrected chi connectivity index (χ2v) is 5.32. The fraction of sp³-hybridized carbons (Fsp3) is 0.0909. The molecule has 0 bridgehead atoms. The molecular weight excluding hydrogens is 271 g/mol. The zero-order valence-corrected chi connectivity index (χ0v) is 10.9. The Morgan fingerprint density at radius 3 is 2.27 bits per heavy atom. The molecule has 0 aliphatic heterocycles. The van der Waals surface area contributed by atoms with Crippen LogP contribution in [0.4, 0.5) is 0 Å². The summed E-state index contributed by atoms with van der Waals surface area (Å²) in [6.45, 7) is 2.05. The molecule has 0 aliphatic rings. The number of rotatable bonds is 1. The van der Waals surface area contributed by atoms with Crippen molar-refractivity contribution in [2.45, 2.75) is 6.92 Å². The van der Waals surface area contributed by atoms with Crippen LogP contribution in [0.5, 0.6) is 0 Å². The predicted octanol–water partition coefficient (Wildman–Crippen LogP) is 5.68. The minimum atomic E-state index is 0.486. The van der Waals surface area contributed by atoms with Gasteiger partial charge in [0.1, 0.15) is 0 Å².